The van der Waals surface area contributed by atoms with E-state index >= 15 is 0 Å². The van der Waals surface area contributed by atoms with E-state index in [1.165, 1.54) is 0 Å². The lowest BCUT2D eigenvalue weighted by atomic mass is 10.1. The summed E-state index contributed by atoms with van der Waals surface area (Å²) in [5, 5.41) is 0. The largest absolute Gasteiger partial charge is 0.399 e. The molecule has 0 fully saturated rings. The van der Waals surface area contributed by atoms with E-state index in [-0.39, 0.29) is 0 Å². The van der Waals surface area contributed by atoms with Crippen LogP contribution in [0.2, 0.25) is 0 Å². The fraction of sp³-hybridized carbons (Fsp3) is 0. The molecule has 3 rings (SSSR count). The van der Waals surface area contributed by atoms with Crippen molar-refractivity contribution in [2.75, 3.05) is 22.9 Å². The van der Waals surface area contributed by atoms with Crippen molar-refractivity contribution in [1.82, 2.24) is 0 Å². The topological polar surface area (TPSA) is 129 Å². The second-order valence-corrected chi connectivity index (χ2v) is 5.38. The molecule has 0 saturated heterocycles. The third-order valence-corrected chi connectivity index (χ3v) is 3.46. The van der Waals surface area contributed by atoms with Crippen molar-refractivity contribution < 1.29 is 0 Å². The smallest absolute Gasteiger partial charge is 0.0886 e. The molecule has 1 aliphatic rings. The number of hydrogen-bond donors (Lipinski definition) is 4. The minimum Gasteiger partial charge on any atom is -0.399 e. The average Bonchev–Trinajstić information content (AvgIpc) is 2.56. The van der Waals surface area contributed by atoms with Gasteiger partial charge in [-0.1, -0.05) is 0 Å². The molecule has 0 heterocycles. The van der Waals surface area contributed by atoms with Gasteiger partial charge >= 0.3 is 0 Å². The number of rotatable bonds is 2. The van der Waals surface area contributed by atoms with E-state index in [0.717, 1.165) is 11.4 Å². The van der Waals surface area contributed by atoms with E-state index in [9.17, 15) is 0 Å². The fourth-order valence-corrected chi connectivity index (χ4v) is 2.19. The number of aliphatic imine (C=N–C) groups is 2. The average molecular weight is 318 g/mol. The Balaban J connectivity index is 1.85. The molecule has 6 heteroatoms. The first-order valence-electron chi connectivity index (χ1n) is 7.35. The Morgan fingerprint density at radius 1 is 0.542 bits per heavy atom. The van der Waals surface area contributed by atoms with Gasteiger partial charge in [0.1, 0.15) is 0 Å². The van der Waals surface area contributed by atoms with Crippen molar-refractivity contribution in [2.24, 2.45) is 9.98 Å². The van der Waals surface area contributed by atoms with E-state index in [1.54, 1.807) is 36.4 Å². The van der Waals surface area contributed by atoms with Gasteiger partial charge in [-0.2, -0.15) is 0 Å². The van der Waals surface area contributed by atoms with Crippen molar-refractivity contribution in [2.45, 2.75) is 0 Å². The Kier molecular flexibility index (Phi) is 4.03. The number of nitrogens with two attached hydrogens (primary N) is 4. The van der Waals surface area contributed by atoms with E-state index in [0.29, 0.717) is 34.1 Å². The number of nitrogens with zero attached hydrogens (tertiary/aromatic N) is 2. The van der Waals surface area contributed by atoms with Crippen LogP contribution in [-0.2, 0) is 0 Å². The van der Waals surface area contributed by atoms with Gasteiger partial charge in [0, 0.05) is 11.4 Å². The maximum absolute atomic E-state index is 5.91. The van der Waals surface area contributed by atoms with Crippen molar-refractivity contribution in [3.63, 3.8) is 0 Å². The summed E-state index contributed by atoms with van der Waals surface area (Å²) >= 11 is 0. The van der Waals surface area contributed by atoms with E-state index in [2.05, 4.69) is 9.98 Å². The van der Waals surface area contributed by atoms with E-state index in [4.69, 9.17) is 22.9 Å². The van der Waals surface area contributed by atoms with Crippen LogP contribution in [0.5, 0.6) is 0 Å². The second-order valence-electron chi connectivity index (χ2n) is 5.38. The summed E-state index contributed by atoms with van der Waals surface area (Å²) in [6, 6.07) is 10.4. The Labute approximate surface area is 139 Å². The van der Waals surface area contributed by atoms with Gasteiger partial charge in [0.15, 0.2) is 0 Å². The monoisotopic (exact) mass is 318 g/mol. The van der Waals surface area contributed by atoms with Crippen LogP contribution in [0.4, 0.5) is 34.1 Å². The predicted octanol–water partition coefficient (Wildman–Crippen LogP) is 2.99. The summed E-state index contributed by atoms with van der Waals surface area (Å²) in [7, 11) is 0. The maximum Gasteiger partial charge on any atom is 0.0886 e. The third-order valence-electron chi connectivity index (χ3n) is 3.46. The number of benzene rings is 2. The van der Waals surface area contributed by atoms with Crippen LogP contribution in [-0.4, -0.2) is 11.4 Å². The Bertz CT molecular complexity index is 814. The first-order chi connectivity index (χ1) is 11.5. The lowest BCUT2D eigenvalue weighted by Gasteiger charge is -2.06. The van der Waals surface area contributed by atoms with Crippen molar-refractivity contribution >= 4 is 45.5 Å². The third kappa shape index (κ3) is 3.44. The maximum atomic E-state index is 5.91. The number of hydrogen-bond acceptors (Lipinski definition) is 6. The molecule has 0 saturated carbocycles. The van der Waals surface area contributed by atoms with Crippen LogP contribution < -0.4 is 22.9 Å². The molecule has 0 atom stereocenters. The fourth-order valence-electron chi connectivity index (χ4n) is 2.19. The Morgan fingerprint density at radius 3 is 1.29 bits per heavy atom. The second kappa shape index (κ2) is 6.29. The van der Waals surface area contributed by atoms with Crippen LogP contribution in [0, 0.1) is 0 Å². The van der Waals surface area contributed by atoms with Crippen molar-refractivity contribution in [3.8, 4) is 0 Å². The predicted molar refractivity (Wildman–Crippen MR) is 103 cm³/mol. The summed E-state index contributed by atoms with van der Waals surface area (Å²) in [6.07, 6.45) is 7.40. The number of nitrogen functional groups attached to an aromatic ring is 4. The van der Waals surface area contributed by atoms with Crippen molar-refractivity contribution in [1.29, 1.82) is 0 Å². The van der Waals surface area contributed by atoms with Gasteiger partial charge in [0.25, 0.3) is 0 Å². The molecule has 1 aliphatic carbocycles. The van der Waals surface area contributed by atoms with Gasteiger partial charge in [0.05, 0.1) is 34.2 Å². The highest BCUT2D eigenvalue weighted by Gasteiger charge is 2.04. The first kappa shape index (κ1) is 15.4. The molecule has 0 radical (unpaired) electrons. The van der Waals surface area contributed by atoms with Gasteiger partial charge in [-0.25, -0.2) is 9.98 Å². The van der Waals surface area contributed by atoms with Crippen LogP contribution in [0.3, 0.4) is 0 Å². The van der Waals surface area contributed by atoms with Crippen LogP contribution in [0.25, 0.3) is 0 Å². The normalized spacial score (nSPS) is 13.2. The van der Waals surface area contributed by atoms with E-state index < -0.39 is 0 Å². The lowest BCUT2D eigenvalue weighted by molar-refractivity contribution is 1.50. The summed E-state index contributed by atoms with van der Waals surface area (Å²) in [6.45, 7) is 0. The molecule has 0 amide bonds. The number of allylic oxidation sites excluding steroid dienone is 4. The highest BCUT2D eigenvalue weighted by molar-refractivity contribution is 6.19. The highest BCUT2D eigenvalue weighted by Crippen LogP contribution is 2.26. The van der Waals surface area contributed by atoms with E-state index in [1.807, 2.05) is 24.3 Å². The molecule has 0 unspecified atom stereocenters. The molecule has 6 nitrogen and oxygen atoms in total. The zero-order valence-corrected chi connectivity index (χ0v) is 13.0. The molecule has 8 N–H and O–H groups in total. The summed E-state index contributed by atoms with van der Waals surface area (Å²) in [5.74, 6) is 0. The SMILES string of the molecule is Nc1ccc(N)c(N=C2C=CC(=Nc3cc(N)ccc3N)C=C2)c1. The first-order valence-corrected chi connectivity index (χ1v) is 7.35. The molecule has 0 aromatic heterocycles. The molecule has 120 valence electrons. The molecule has 24 heavy (non-hydrogen) atoms. The van der Waals surface area contributed by atoms with Crippen LogP contribution in [0.1, 0.15) is 0 Å². The van der Waals surface area contributed by atoms with Gasteiger partial charge in [-0.05, 0) is 60.7 Å². The van der Waals surface area contributed by atoms with Crippen LogP contribution in [0.15, 0.2) is 70.7 Å². The van der Waals surface area contributed by atoms with Gasteiger partial charge in [-0.3, -0.25) is 0 Å². The molecule has 0 aliphatic heterocycles. The molecule has 0 bridgehead atoms. The Morgan fingerprint density at radius 2 is 0.917 bits per heavy atom. The van der Waals surface area contributed by atoms with Gasteiger partial charge < -0.3 is 22.9 Å². The van der Waals surface area contributed by atoms with Gasteiger partial charge in [0.2, 0.25) is 0 Å². The molecule has 0 spiro atoms. The molecular formula is C18H18N6. The minimum absolute atomic E-state index is 0.575. The summed E-state index contributed by atoms with van der Waals surface area (Å²) < 4.78 is 0. The van der Waals surface area contributed by atoms with Crippen molar-refractivity contribution in [3.05, 3.63) is 60.7 Å². The summed E-state index contributed by atoms with van der Waals surface area (Å²) in [4.78, 5) is 8.98. The quantitative estimate of drug-likeness (QED) is 0.501. The standard InChI is InChI=1S/C18H18N6/c19-11-1-7-15(21)17(9-11)23-13-3-5-14(6-4-13)24-18-10-12(20)2-8-16(18)22/h1-10H,19-22H2. The molecular weight excluding hydrogens is 300 g/mol. The van der Waals surface area contributed by atoms with Crippen LogP contribution >= 0.6 is 0 Å². The van der Waals surface area contributed by atoms with Gasteiger partial charge in [-0.15, -0.1) is 0 Å². The lowest BCUT2D eigenvalue weighted by Crippen LogP contribution is -2.00. The molecule has 2 aromatic carbocycles. The highest BCUT2D eigenvalue weighted by atomic mass is 14.8. The minimum atomic E-state index is 0.575. The Hall–Kier alpha value is -3.54. The zero-order valence-electron chi connectivity index (χ0n) is 13.0. The number of anilines is 4. The zero-order chi connectivity index (χ0) is 17.1. The summed E-state index contributed by atoms with van der Waals surface area (Å²) in [5.41, 5.74) is 28.5. The molecule has 2 aromatic rings.